The molecule has 1 N–H and O–H groups in total. The molecule has 1 saturated heterocycles. The molecule has 2 fully saturated rings. The maximum Gasteiger partial charge on any atom is 0.262 e. The Bertz CT molecular complexity index is 1100. The van der Waals surface area contributed by atoms with Crippen molar-refractivity contribution in [2.75, 3.05) is 20.2 Å². The van der Waals surface area contributed by atoms with Gasteiger partial charge in [0.15, 0.2) is 5.65 Å². The molecule has 30 heavy (non-hydrogen) atoms. The van der Waals surface area contributed by atoms with Gasteiger partial charge in [0.05, 0.1) is 19.3 Å². The minimum absolute atomic E-state index is 0.0844. The number of hydrogen-bond acceptors (Lipinski definition) is 6. The molecule has 3 aromatic rings. The lowest BCUT2D eigenvalue weighted by molar-refractivity contribution is 0.307. The summed E-state index contributed by atoms with van der Waals surface area (Å²) in [5, 5.41) is 5.11. The minimum Gasteiger partial charge on any atom is -0.481 e. The Hall–Kier alpha value is -2.74. The summed E-state index contributed by atoms with van der Waals surface area (Å²) in [4.78, 5) is 27.4. The lowest BCUT2D eigenvalue weighted by atomic mass is 9.97. The van der Waals surface area contributed by atoms with Crippen LogP contribution in [0.25, 0.3) is 11.0 Å². The average molecular weight is 409 g/mol. The number of nitrogens with one attached hydrogen (secondary N) is 1. The first kappa shape index (κ1) is 19.2. The number of likely N-dealkylation sites (tertiary alicyclic amines) is 1. The smallest absolute Gasteiger partial charge is 0.262 e. The predicted octanol–water partition coefficient (Wildman–Crippen LogP) is 2.87. The zero-order valence-corrected chi connectivity index (χ0v) is 17.5. The number of hydrogen-bond donors (Lipinski definition) is 1. The van der Waals surface area contributed by atoms with Crippen molar-refractivity contribution in [3.05, 3.63) is 46.3 Å². The molecule has 1 aliphatic heterocycles. The van der Waals surface area contributed by atoms with Crippen molar-refractivity contribution in [3.8, 4) is 5.88 Å². The fraction of sp³-hybridized carbons (Fsp3) is 0.545. The van der Waals surface area contributed by atoms with E-state index in [0.717, 1.165) is 49.5 Å². The van der Waals surface area contributed by atoms with Crippen LogP contribution in [-0.2, 0) is 6.54 Å². The third kappa shape index (κ3) is 3.39. The fourth-order valence-corrected chi connectivity index (χ4v) is 5.07. The zero-order valence-electron chi connectivity index (χ0n) is 17.5. The molecule has 0 unspecified atom stereocenters. The second-order valence-electron chi connectivity index (χ2n) is 8.67. The summed E-state index contributed by atoms with van der Waals surface area (Å²) in [6.45, 7) is 4.77. The summed E-state index contributed by atoms with van der Waals surface area (Å²) < 4.78 is 7.39. The molecule has 1 aliphatic carbocycles. The van der Waals surface area contributed by atoms with Gasteiger partial charge in [-0.1, -0.05) is 25.8 Å². The monoisotopic (exact) mass is 408 g/mol. The van der Waals surface area contributed by atoms with E-state index in [4.69, 9.17) is 9.72 Å². The minimum atomic E-state index is -0.0844. The van der Waals surface area contributed by atoms with Gasteiger partial charge in [0.1, 0.15) is 11.2 Å². The molecule has 0 amide bonds. The lowest BCUT2D eigenvalue weighted by Gasteiger charge is -2.17. The Labute approximate surface area is 175 Å². The van der Waals surface area contributed by atoms with E-state index in [9.17, 15) is 4.79 Å². The summed E-state index contributed by atoms with van der Waals surface area (Å²) in [6.07, 6.45) is 8.07. The van der Waals surface area contributed by atoms with Crippen LogP contribution in [0.5, 0.6) is 5.88 Å². The van der Waals surface area contributed by atoms with Crippen LogP contribution in [-0.4, -0.2) is 49.8 Å². The summed E-state index contributed by atoms with van der Waals surface area (Å²) in [7, 11) is 1.65. The first-order chi connectivity index (χ1) is 14.6. The Morgan fingerprint density at radius 1 is 1.27 bits per heavy atom. The number of pyridine rings is 1. The quantitative estimate of drug-likeness (QED) is 0.698. The van der Waals surface area contributed by atoms with Crippen LogP contribution in [0.15, 0.2) is 29.3 Å². The molecule has 4 heterocycles. The highest BCUT2D eigenvalue weighted by Crippen LogP contribution is 2.34. The van der Waals surface area contributed by atoms with Crippen LogP contribution < -0.4 is 10.3 Å². The van der Waals surface area contributed by atoms with Crippen molar-refractivity contribution in [2.24, 2.45) is 5.92 Å². The largest absolute Gasteiger partial charge is 0.481 e. The molecule has 0 aromatic carbocycles. The van der Waals surface area contributed by atoms with E-state index in [2.05, 4.69) is 33.0 Å². The molecule has 0 spiro atoms. The van der Waals surface area contributed by atoms with Crippen LogP contribution in [0, 0.1) is 5.92 Å². The van der Waals surface area contributed by atoms with Crippen molar-refractivity contribution in [1.82, 2.24) is 29.6 Å². The van der Waals surface area contributed by atoms with E-state index in [-0.39, 0.29) is 11.5 Å². The van der Waals surface area contributed by atoms with E-state index >= 15 is 0 Å². The third-order valence-electron chi connectivity index (χ3n) is 6.63. The van der Waals surface area contributed by atoms with Crippen molar-refractivity contribution in [1.29, 1.82) is 0 Å². The molecular weight excluding hydrogens is 380 g/mol. The SMILES string of the molecule is COc1ncccc1CN1C[C@@H](C)[C@H](c2nc3c(cnn3C3CCCC3)c(=O)[nH]2)C1. The number of methoxy groups -OCH3 is 1. The number of H-pyrrole nitrogens is 1. The third-order valence-corrected chi connectivity index (χ3v) is 6.63. The van der Waals surface area contributed by atoms with E-state index in [1.54, 1.807) is 19.5 Å². The molecule has 0 radical (unpaired) electrons. The maximum atomic E-state index is 12.8. The van der Waals surface area contributed by atoms with Crippen molar-refractivity contribution >= 4 is 11.0 Å². The standard InChI is InChI=1S/C22H28N6O2/c1-14-11-27(12-15-6-5-9-23-22(15)30-2)13-18(14)19-25-20-17(21(29)26-19)10-24-28(20)16-7-3-4-8-16/h5-6,9-10,14,16,18H,3-4,7-8,11-13H2,1-2H3,(H,25,26,29)/t14-,18-/m1/s1. The van der Waals surface area contributed by atoms with Crippen molar-refractivity contribution in [2.45, 2.75) is 51.1 Å². The molecule has 3 aromatic heterocycles. The normalized spacial score (nSPS) is 22.9. The van der Waals surface area contributed by atoms with Gasteiger partial charge in [0.2, 0.25) is 5.88 Å². The zero-order chi connectivity index (χ0) is 20.7. The molecule has 2 atom stereocenters. The average Bonchev–Trinajstić information content (AvgIpc) is 3.48. The molecule has 8 heteroatoms. The Morgan fingerprint density at radius 3 is 2.90 bits per heavy atom. The first-order valence-corrected chi connectivity index (χ1v) is 10.8. The van der Waals surface area contributed by atoms with Crippen molar-refractivity contribution in [3.63, 3.8) is 0 Å². The number of ether oxygens (including phenoxy) is 1. The second-order valence-corrected chi connectivity index (χ2v) is 8.67. The summed E-state index contributed by atoms with van der Waals surface area (Å²) in [5.41, 5.74) is 1.73. The van der Waals surface area contributed by atoms with Crippen LogP contribution >= 0.6 is 0 Å². The number of fused-ring (bicyclic) bond motifs is 1. The van der Waals surface area contributed by atoms with Crippen LogP contribution in [0.2, 0.25) is 0 Å². The molecule has 2 aliphatic rings. The van der Waals surface area contributed by atoms with Crippen LogP contribution in [0.1, 0.15) is 56.0 Å². The van der Waals surface area contributed by atoms with Gasteiger partial charge in [-0.15, -0.1) is 0 Å². The van der Waals surface area contributed by atoms with E-state index < -0.39 is 0 Å². The van der Waals surface area contributed by atoms with E-state index in [1.165, 1.54) is 12.8 Å². The summed E-state index contributed by atoms with van der Waals surface area (Å²) >= 11 is 0. The molecule has 158 valence electrons. The van der Waals surface area contributed by atoms with Gasteiger partial charge >= 0.3 is 0 Å². The Balaban J connectivity index is 1.42. The highest BCUT2D eigenvalue weighted by atomic mass is 16.5. The topological polar surface area (TPSA) is 88.9 Å². The molecule has 8 nitrogen and oxygen atoms in total. The van der Waals surface area contributed by atoms with Gasteiger partial charge in [-0.3, -0.25) is 9.69 Å². The fourth-order valence-electron chi connectivity index (χ4n) is 5.07. The van der Waals surface area contributed by atoms with E-state index in [0.29, 0.717) is 23.2 Å². The number of aromatic nitrogens is 5. The molecular formula is C22H28N6O2. The van der Waals surface area contributed by atoms with Crippen LogP contribution in [0.3, 0.4) is 0 Å². The van der Waals surface area contributed by atoms with Crippen molar-refractivity contribution < 1.29 is 4.74 Å². The molecule has 0 bridgehead atoms. The Kier molecular flexibility index (Phi) is 5.02. The number of rotatable bonds is 5. The highest BCUT2D eigenvalue weighted by molar-refractivity contribution is 5.73. The Morgan fingerprint density at radius 2 is 2.10 bits per heavy atom. The first-order valence-electron chi connectivity index (χ1n) is 10.8. The van der Waals surface area contributed by atoms with Gasteiger partial charge in [-0.2, -0.15) is 5.10 Å². The van der Waals surface area contributed by atoms with Gasteiger partial charge in [-0.25, -0.2) is 14.6 Å². The van der Waals surface area contributed by atoms with Crippen LogP contribution in [0.4, 0.5) is 0 Å². The summed E-state index contributed by atoms with van der Waals surface area (Å²) in [6, 6.07) is 4.35. The number of nitrogens with zero attached hydrogens (tertiary/aromatic N) is 5. The van der Waals surface area contributed by atoms with Gasteiger partial charge in [0.25, 0.3) is 5.56 Å². The lowest BCUT2D eigenvalue weighted by Crippen LogP contribution is -2.22. The number of aromatic amines is 1. The van der Waals surface area contributed by atoms with E-state index in [1.807, 2.05) is 10.7 Å². The van der Waals surface area contributed by atoms with Gasteiger partial charge in [-0.05, 0) is 24.8 Å². The molecule has 1 saturated carbocycles. The molecule has 5 rings (SSSR count). The summed E-state index contributed by atoms with van der Waals surface area (Å²) in [5.74, 6) is 2.01. The van der Waals surface area contributed by atoms with Gasteiger partial charge in [0, 0.05) is 37.3 Å². The predicted molar refractivity (Wildman–Crippen MR) is 114 cm³/mol. The maximum absolute atomic E-state index is 12.8. The van der Waals surface area contributed by atoms with Gasteiger partial charge < -0.3 is 9.72 Å². The highest BCUT2D eigenvalue weighted by Gasteiger charge is 2.33. The second kappa shape index (κ2) is 7.83.